The summed E-state index contributed by atoms with van der Waals surface area (Å²) < 4.78 is 43.0. The summed E-state index contributed by atoms with van der Waals surface area (Å²) in [5.41, 5.74) is -0.663. The average molecular weight is 245 g/mol. The van der Waals surface area contributed by atoms with Crippen molar-refractivity contribution in [2.24, 2.45) is 0 Å². The molecule has 0 amide bonds. The van der Waals surface area contributed by atoms with Crippen LogP contribution in [0.3, 0.4) is 0 Å². The Morgan fingerprint density at radius 1 is 1.18 bits per heavy atom. The van der Waals surface area contributed by atoms with Crippen LogP contribution in [0.1, 0.15) is 18.4 Å². The zero-order chi connectivity index (χ0) is 12.3. The van der Waals surface area contributed by atoms with Crippen LogP contribution in [0.2, 0.25) is 0 Å². The van der Waals surface area contributed by atoms with Crippen molar-refractivity contribution in [3.05, 3.63) is 29.8 Å². The van der Waals surface area contributed by atoms with Gasteiger partial charge in [0.25, 0.3) is 0 Å². The first kappa shape index (κ1) is 12.2. The number of hydrogen-bond acceptors (Lipinski definition) is 2. The molecule has 94 valence electrons. The molecule has 17 heavy (non-hydrogen) atoms. The van der Waals surface area contributed by atoms with E-state index in [1.807, 2.05) is 0 Å². The second-order valence-corrected chi connectivity index (χ2v) is 4.09. The van der Waals surface area contributed by atoms with Gasteiger partial charge < -0.3 is 10.1 Å². The fourth-order valence-electron chi connectivity index (χ4n) is 1.85. The molecular formula is C12H14F3NO. The molecule has 0 radical (unpaired) electrons. The Morgan fingerprint density at radius 2 is 1.88 bits per heavy atom. The van der Waals surface area contributed by atoms with Gasteiger partial charge in [0.2, 0.25) is 0 Å². The molecule has 1 aromatic carbocycles. The van der Waals surface area contributed by atoms with Crippen molar-refractivity contribution in [2.75, 3.05) is 13.1 Å². The number of hydrogen-bond donors (Lipinski definition) is 1. The lowest BCUT2D eigenvalue weighted by Gasteiger charge is -2.24. The van der Waals surface area contributed by atoms with E-state index >= 15 is 0 Å². The van der Waals surface area contributed by atoms with Crippen molar-refractivity contribution in [1.29, 1.82) is 0 Å². The van der Waals surface area contributed by atoms with E-state index < -0.39 is 11.7 Å². The van der Waals surface area contributed by atoms with E-state index in [0.717, 1.165) is 38.1 Å². The van der Waals surface area contributed by atoms with Crippen LogP contribution in [0.25, 0.3) is 0 Å². The number of halogens is 3. The molecule has 0 aliphatic carbocycles. The highest BCUT2D eigenvalue weighted by atomic mass is 19.4. The highest BCUT2D eigenvalue weighted by Gasteiger charge is 2.30. The fourth-order valence-corrected chi connectivity index (χ4v) is 1.85. The summed E-state index contributed by atoms with van der Waals surface area (Å²) in [6, 6.07) is 5.05. The molecule has 1 aliphatic heterocycles. The third-order valence-corrected chi connectivity index (χ3v) is 2.75. The highest BCUT2D eigenvalue weighted by Crippen LogP contribution is 2.31. The molecule has 1 fully saturated rings. The fraction of sp³-hybridized carbons (Fsp3) is 0.500. The Balaban J connectivity index is 2.05. The van der Waals surface area contributed by atoms with Gasteiger partial charge in [-0.3, -0.25) is 0 Å². The van der Waals surface area contributed by atoms with Crippen LogP contribution in [0.4, 0.5) is 13.2 Å². The van der Waals surface area contributed by atoms with E-state index in [0.29, 0.717) is 5.75 Å². The van der Waals surface area contributed by atoms with Gasteiger partial charge in [-0.2, -0.15) is 13.2 Å². The van der Waals surface area contributed by atoms with Crippen molar-refractivity contribution in [3.8, 4) is 5.75 Å². The van der Waals surface area contributed by atoms with Gasteiger partial charge in [0.15, 0.2) is 0 Å². The minimum absolute atomic E-state index is 0.0136. The molecule has 1 aliphatic rings. The Hall–Kier alpha value is -1.23. The Kier molecular flexibility index (Phi) is 3.57. The quantitative estimate of drug-likeness (QED) is 0.865. The predicted molar refractivity (Wildman–Crippen MR) is 58.0 cm³/mol. The lowest BCUT2D eigenvalue weighted by Crippen LogP contribution is -2.34. The van der Waals surface area contributed by atoms with E-state index in [1.54, 1.807) is 6.07 Å². The van der Waals surface area contributed by atoms with Gasteiger partial charge in [-0.05, 0) is 44.1 Å². The average Bonchev–Trinajstić information content (AvgIpc) is 2.29. The molecule has 1 N–H and O–H groups in total. The normalized spacial score (nSPS) is 18.1. The van der Waals surface area contributed by atoms with Crippen LogP contribution in [0.5, 0.6) is 5.75 Å². The zero-order valence-electron chi connectivity index (χ0n) is 9.26. The Bertz CT molecular complexity index is 372. The first-order chi connectivity index (χ1) is 8.05. The summed E-state index contributed by atoms with van der Waals surface area (Å²) in [6.45, 7) is 1.70. The van der Waals surface area contributed by atoms with Crippen LogP contribution >= 0.6 is 0 Å². The first-order valence-electron chi connectivity index (χ1n) is 5.60. The molecule has 1 aromatic rings. The second kappa shape index (κ2) is 4.96. The lowest BCUT2D eigenvalue weighted by atomic mass is 10.1. The number of nitrogens with one attached hydrogen (secondary N) is 1. The molecule has 0 unspecified atom stereocenters. The second-order valence-electron chi connectivity index (χ2n) is 4.09. The van der Waals surface area contributed by atoms with E-state index in [-0.39, 0.29) is 6.10 Å². The number of benzene rings is 1. The van der Waals surface area contributed by atoms with Gasteiger partial charge in [0, 0.05) is 0 Å². The first-order valence-corrected chi connectivity index (χ1v) is 5.60. The van der Waals surface area contributed by atoms with Gasteiger partial charge in [0.1, 0.15) is 11.9 Å². The van der Waals surface area contributed by atoms with Crippen molar-refractivity contribution < 1.29 is 17.9 Å². The molecule has 1 saturated heterocycles. The van der Waals surface area contributed by atoms with Crippen LogP contribution in [0.15, 0.2) is 24.3 Å². The van der Waals surface area contributed by atoms with Crippen molar-refractivity contribution >= 4 is 0 Å². The molecule has 0 atom stereocenters. The number of rotatable bonds is 2. The molecule has 0 saturated carbocycles. The minimum atomic E-state index is -4.31. The topological polar surface area (TPSA) is 21.3 Å². The van der Waals surface area contributed by atoms with E-state index in [4.69, 9.17) is 4.74 Å². The Morgan fingerprint density at radius 3 is 2.53 bits per heavy atom. The monoisotopic (exact) mass is 245 g/mol. The molecule has 0 aromatic heterocycles. The van der Waals surface area contributed by atoms with E-state index in [2.05, 4.69) is 5.32 Å². The van der Waals surface area contributed by atoms with Gasteiger partial charge in [-0.25, -0.2) is 0 Å². The summed E-state index contributed by atoms with van der Waals surface area (Å²) in [5, 5.41) is 3.18. The van der Waals surface area contributed by atoms with Crippen molar-refractivity contribution in [1.82, 2.24) is 5.32 Å². The minimum Gasteiger partial charge on any atom is -0.490 e. The standard InChI is InChI=1S/C12H14F3NO/c13-12(14,15)9-2-1-3-11(8-9)17-10-4-6-16-7-5-10/h1-3,8,10,16H,4-7H2. The molecule has 1 heterocycles. The van der Waals surface area contributed by atoms with Crippen LogP contribution < -0.4 is 10.1 Å². The maximum atomic E-state index is 12.5. The van der Waals surface area contributed by atoms with E-state index in [1.165, 1.54) is 6.07 Å². The number of piperidine rings is 1. The van der Waals surface area contributed by atoms with Crippen LogP contribution in [-0.2, 0) is 6.18 Å². The third kappa shape index (κ3) is 3.36. The summed E-state index contributed by atoms with van der Waals surface area (Å²) in [7, 11) is 0. The summed E-state index contributed by atoms with van der Waals surface area (Å²) in [5.74, 6) is 0.298. The Labute approximate surface area is 97.8 Å². The largest absolute Gasteiger partial charge is 0.490 e. The van der Waals surface area contributed by atoms with Crippen LogP contribution in [-0.4, -0.2) is 19.2 Å². The molecule has 2 nitrogen and oxygen atoms in total. The van der Waals surface area contributed by atoms with Gasteiger partial charge in [0.05, 0.1) is 5.56 Å². The number of ether oxygens (including phenoxy) is 1. The molecule has 0 bridgehead atoms. The van der Waals surface area contributed by atoms with Gasteiger partial charge in [-0.1, -0.05) is 6.07 Å². The summed E-state index contributed by atoms with van der Waals surface area (Å²) in [6.07, 6.45) is -2.64. The molecular weight excluding hydrogens is 231 g/mol. The summed E-state index contributed by atoms with van der Waals surface area (Å²) >= 11 is 0. The third-order valence-electron chi connectivity index (χ3n) is 2.75. The maximum absolute atomic E-state index is 12.5. The van der Waals surface area contributed by atoms with Gasteiger partial charge >= 0.3 is 6.18 Å². The lowest BCUT2D eigenvalue weighted by molar-refractivity contribution is -0.137. The highest BCUT2D eigenvalue weighted by molar-refractivity contribution is 5.30. The van der Waals surface area contributed by atoms with Crippen LogP contribution in [0, 0.1) is 0 Å². The van der Waals surface area contributed by atoms with E-state index in [9.17, 15) is 13.2 Å². The molecule has 0 spiro atoms. The summed E-state index contributed by atoms with van der Waals surface area (Å²) in [4.78, 5) is 0. The SMILES string of the molecule is FC(F)(F)c1cccc(OC2CCNCC2)c1. The molecule has 5 heteroatoms. The van der Waals surface area contributed by atoms with Crippen molar-refractivity contribution in [2.45, 2.75) is 25.1 Å². The van der Waals surface area contributed by atoms with Crippen molar-refractivity contribution in [3.63, 3.8) is 0 Å². The maximum Gasteiger partial charge on any atom is 0.416 e. The molecule has 2 rings (SSSR count). The predicted octanol–water partition coefficient (Wildman–Crippen LogP) is 2.84. The smallest absolute Gasteiger partial charge is 0.416 e. The van der Waals surface area contributed by atoms with Gasteiger partial charge in [-0.15, -0.1) is 0 Å². The number of alkyl halides is 3. The zero-order valence-corrected chi connectivity index (χ0v) is 9.26.